The number of nitrogens with zero attached hydrogens (tertiary/aromatic N) is 1. The number of nitrogens with two attached hydrogens (primary N) is 1. The molecule has 2 aliphatic rings. The van der Waals surface area contributed by atoms with Gasteiger partial charge in [-0.05, 0) is 43.4 Å². The van der Waals surface area contributed by atoms with Gasteiger partial charge in [-0.15, -0.1) is 0 Å². The first-order chi connectivity index (χ1) is 6.66. The van der Waals surface area contributed by atoms with Crippen molar-refractivity contribution in [3.8, 4) is 0 Å². The predicted octanol–water partition coefficient (Wildman–Crippen LogP) is 1.47. The summed E-state index contributed by atoms with van der Waals surface area (Å²) in [5.74, 6) is 2.19. The number of hydrazone groups is 1. The van der Waals surface area contributed by atoms with Crippen LogP contribution in [0.4, 0.5) is 4.79 Å². The van der Waals surface area contributed by atoms with Gasteiger partial charge in [0.2, 0.25) is 0 Å². The minimum Gasteiger partial charge on any atom is -0.350 e. The molecular weight excluding hydrogens is 178 g/mol. The summed E-state index contributed by atoms with van der Waals surface area (Å²) in [5, 5.41) is 4.10. The Labute approximate surface area is 83.9 Å². The maximum absolute atomic E-state index is 10.5. The third-order valence-corrected chi connectivity index (χ3v) is 3.59. The molecule has 78 valence electrons. The van der Waals surface area contributed by atoms with Crippen LogP contribution in [0.25, 0.3) is 0 Å². The van der Waals surface area contributed by atoms with Gasteiger partial charge in [-0.25, -0.2) is 10.2 Å². The van der Waals surface area contributed by atoms with Gasteiger partial charge in [-0.2, -0.15) is 5.10 Å². The minimum absolute atomic E-state index is 0.565. The number of fused-ring (bicyclic) bond motifs is 2. The van der Waals surface area contributed by atoms with Gasteiger partial charge in [-0.1, -0.05) is 6.92 Å². The van der Waals surface area contributed by atoms with Crippen LogP contribution in [-0.4, -0.2) is 11.7 Å². The molecule has 4 heteroatoms. The summed E-state index contributed by atoms with van der Waals surface area (Å²) in [5.41, 5.74) is 8.47. The molecule has 0 heterocycles. The maximum atomic E-state index is 10.5. The molecule has 0 aromatic rings. The molecule has 0 spiro atoms. The highest BCUT2D eigenvalue weighted by molar-refractivity contribution is 5.89. The molecule has 3 atom stereocenters. The predicted molar refractivity (Wildman–Crippen MR) is 54.8 cm³/mol. The number of carbonyl (C=O) groups is 1. The fraction of sp³-hybridized carbons (Fsp3) is 0.800. The molecule has 3 N–H and O–H groups in total. The first kappa shape index (κ1) is 9.49. The van der Waals surface area contributed by atoms with Crippen LogP contribution in [-0.2, 0) is 0 Å². The topological polar surface area (TPSA) is 67.5 Å². The van der Waals surface area contributed by atoms with E-state index in [1.54, 1.807) is 0 Å². The van der Waals surface area contributed by atoms with Gasteiger partial charge in [0.1, 0.15) is 0 Å². The molecule has 2 aliphatic carbocycles. The molecule has 0 aromatic carbocycles. The fourth-order valence-electron chi connectivity index (χ4n) is 2.76. The Morgan fingerprint density at radius 1 is 1.57 bits per heavy atom. The van der Waals surface area contributed by atoms with Gasteiger partial charge in [-0.3, -0.25) is 0 Å². The Hall–Kier alpha value is -1.06. The fourth-order valence-corrected chi connectivity index (χ4v) is 2.76. The molecule has 0 radical (unpaired) electrons. The van der Waals surface area contributed by atoms with Gasteiger partial charge in [0.15, 0.2) is 0 Å². The van der Waals surface area contributed by atoms with Crippen LogP contribution in [0.3, 0.4) is 0 Å². The second kappa shape index (κ2) is 3.59. The van der Waals surface area contributed by atoms with Crippen LogP contribution < -0.4 is 11.2 Å². The van der Waals surface area contributed by atoms with E-state index in [4.69, 9.17) is 5.73 Å². The van der Waals surface area contributed by atoms with E-state index in [0.717, 1.165) is 18.1 Å². The average Bonchev–Trinajstić information content (AvgIpc) is 2.55. The third-order valence-electron chi connectivity index (χ3n) is 3.59. The SMILES string of the molecule is CC1C/C(=N/NC(N)=O)C2CCC1C2. The van der Waals surface area contributed by atoms with Gasteiger partial charge in [0.25, 0.3) is 0 Å². The van der Waals surface area contributed by atoms with E-state index in [9.17, 15) is 4.79 Å². The highest BCUT2D eigenvalue weighted by Crippen LogP contribution is 2.43. The zero-order valence-corrected chi connectivity index (χ0v) is 8.49. The molecule has 4 nitrogen and oxygen atoms in total. The number of hydrogen-bond acceptors (Lipinski definition) is 2. The summed E-state index contributed by atoms with van der Waals surface area (Å²) in [7, 11) is 0. The monoisotopic (exact) mass is 195 g/mol. The molecule has 14 heavy (non-hydrogen) atoms. The molecule has 0 aromatic heterocycles. The lowest BCUT2D eigenvalue weighted by Crippen LogP contribution is -2.30. The van der Waals surface area contributed by atoms with Gasteiger partial charge in [0.05, 0.1) is 0 Å². The molecule has 2 saturated carbocycles. The highest BCUT2D eigenvalue weighted by atomic mass is 16.2. The minimum atomic E-state index is -0.565. The summed E-state index contributed by atoms with van der Waals surface area (Å²) in [6.07, 6.45) is 4.83. The van der Waals surface area contributed by atoms with Crippen LogP contribution in [0.5, 0.6) is 0 Å². The summed E-state index contributed by atoms with van der Waals surface area (Å²) in [6.45, 7) is 2.27. The zero-order chi connectivity index (χ0) is 10.1. The van der Waals surface area contributed by atoms with Gasteiger partial charge >= 0.3 is 6.03 Å². The van der Waals surface area contributed by atoms with Crippen molar-refractivity contribution in [2.75, 3.05) is 0 Å². The zero-order valence-electron chi connectivity index (χ0n) is 8.49. The Morgan fingerprint density at radius 2 is 2.36 bits per heavy atom. The lowest BCUT2D eigenvalue weighted by molar-refractivity contribution is 0.249. The van der Waals surface area contributed by atoms with E-state index in [-0.39, 0.29) is 0 Å². The Balaban J connectivity index is 2.05. The number of nitrogens with one attached hydrogen (secondary N) is 1. The first-order valence-electron chi connectivity index (χ1n) is 5.28. The standard InChI is InChI=1S/C10H17N3O/c1-6-4-9(12-13-10(11)14)8-3-2-7(6)5-8/h6-8H,2-5H2,1H3,(H3,11,13,14)/b12-9-. The van der Waals surface area contributed by atoms with Crippen LogP contribution in [0.15, 0.2) is 5.10 Å². The van der Waals surface area contributed by atoms with E-state index in [2.05, 4.69) is 17.5 Å². The number of urea groups is 1. The summed E-state index contributed by atoms with van der Waals surface area (Å²) < 4.78 is 0. The number of amides is 2. The maximum Gasteiger partial charge on any atom is 0.332 e. The Bertz CT molecular complexity index is 275. The number of carbonyl (C=O) groups excluding carboxylic acids is 1. The highest BCUT2D eigenvalue weighted by Gasteiger charge is 2.37. The lowest BCUT2D eigenvalue weighted by atomic mass is 9.80. The van der Waals surface area contributed by atoms with E-state index in [1.165, 1.54) is 19.3 Å². The number of rotatable bonds is 1. The van der Waals surface area contributed by atoms with Crippen LogP contribution in [0, 0.1) is 17.8 Å². The first-order valence-corrected chi connectivity index (χ1v) is 5.28. The molecular formula is C10H17N3O. The molecule has 2 amide bonds. The van der Waals surface area contributed by atoms with Crippen LogP contribution in [0.2, 0.25) is 0 Å². The molecule has 2 fully saturated rings. The summed E-state index contributed by atoms with van der Waals surface area (Å²) in [6, 6.07) is -0.565. The Kier molecular flexibility index (Phi) is 2.44. The normalized spacial score (nSPS) is 38.6. The lowest BCUT2D eigenvalue weighted by Gasteiger charge is -2.26. The van der Waals surface area contributed by atoms with Crippen LogP contribution >= 0.6 is 0 Å². The van der Waals surface area contributed by atoms with Crippen molar-refractivity contribution in [1.82, 2.24) is 5.43 Å². The number of hydrogen-bond donors (Lipinski definition) is 2. The molecule has 2 rings (SSSR count). The third kappa shape index (κ3) is 1.74. The van der Waals surface area contributed by atoms with Crippen molar-refractivity contribution in [3.05, 3.63) is 0 Å². The van der Waals surface area contributed by atoms with Crippen molar-refractivity contribution in [3.63, 3.8) is 0 Å². The van der Waals surface area contributed by atoms with Crippen molar-refractivity contribution in [2.24, 2.45) is 28.6 Å². The second-order valence-electron chi connectivity index (χ2n) is 4.53. The summed E-state index contributed by atoms with van der Waals surface area (Å²) in [4.78, 5) is 10.5. The van der Waals surface area contributed by atoms with Crippen molar-refractivity contribution >= 4 is 11.7 Å². The van der Waals surface area contributed by atoms with E-state index in [1.807, 2.05) is 0 Å². The largest absolute Gasteiger partial charge is 0.350 e. The molecule has 3 unspecified atom stereocenters. The Morgan fingerprint density at radius 3 is 3.07 bits per heavy atom. The van der Waals surface area contributed by atoms with Gasteiger partial charge in [0, 0.05) is 5.71 Å². The molecule has 0 aliphatic heterocycles. The van der Waals surface area contributed by atoms with Crippen molar-refractivity contribution < 1.29 is 4.79 Å². The molecule has 2 bridgehead atoms. The smallest absolute Gasteiger partial charge is 0.332 e. The second-order valence-corrected chi connectivity index (χ2v) is 4.53. The average molecular weight is 195 g/mol. The van der Waals surface area contributed by atoms with E-state index < -0.39 is 6.03 Å². The van der Waals surface area contributed by atoms with Crippen LogP contribution in [0.1, 0.15) is 32.6 Å². The van der Waals surface area contributed by atoms with Gasteiger partial charge < -0.3 is 5.73 Å². The van der Waals surface area contributed by atoms with Crippen molar-refractivity contribution in [1.29, 1.82) is 0 Å². The molecule has 0 saturated heterocycles. The van der Waals surface area contributed by atoms with E-state index in [0.29, 0.717) is 11.8 Å². The van der Waals surface area contributed by atoms with Crippen molar-refractivity contribution in [2.45, 2.75) is 32.6 Å². The summed E-state index contributed by atoms with van der Waals surface area (Å²) >= 11 is 0. The quantitative estimate of drug-likeness (QED) is 0.611. The van der Waals surface area contributed by atoms with E-state index >= 15 is 0 Å². The number of primary amides is 1.